The maximum absolute atomic E-state index is 6.28. The number of benzene rings is 2. The molecule has 2 rings (SSSR count). The van der Waals surface area contributed by atoms with E-state index in [9.17, 15) is 0 Å². The van der Waals surface area contributed by atoms with Crippen LogP contribution in [0.4, 0.5) is 0 Å². The first-order valence-corrected chi connectivity index (χ1v) is 8.29. The Kier molecular flexibility index (Phi) is 8.66. The third-order valence-electron chi connectivity index (χ3n) is 3.66. The van der Waals surface area contributed by atoms with E-state index in [1.807, 2.05) is 55.5 Å². The van der Waals surface area contributed by atoms with E-state index in [2.05, 4.69) is 13.8 Å². The summed E-state index contributed by atoms with van der Waals surface area (Å²) in [4.78, 5) is 0. The maximum Gasteiger partial charge on any atom is 0.161 e. The summed E-state index contributed by atoms with van der Waals surface area (Å²) in [6, 6.07) is 16.2. The maximum atomic E-state index is 6.28. The Morgan fingerprint density at radius 1 is 0.958 bits per heavy atom. The van der Waals surface area contributed by atoms with Crippen LogP contribution in [0.2, 0.25) is 0 Å². The van der Waals surface area contributed by atoms with Crippen LogP contribution in [-0.2, 0) is 6.61 Å². The van der Waals surface area contributed by atoms with Crippen molar-refractivity contribution in [2.24, 2.45) is 11.7 Å². The van der Waals surface area contributed by atoms with Gasteiger partial charge < -0.3 is 15.2 Å². The van der Waals surface area contributed by atoms with E-state index in [0.29, 0.717) is 19.1 Å². The number of ether oxygens (including phenoxy) is 2. The minimum atomic E-state index is 0. The molecular formula is C20H28ClNO2. The van der Waals surface area contributed by atoms with Crippen LogP contribution in [-0.4, -0.2) is 6.61 Å². The van der Waals surface area contributed by atoms with E-state index in [1.165, 1.54) is 0 Å². The second kappa shape index (κ2) is 10.2. The highest BCUT2D eigenvalue weighted by atomic mass is 35.5. The number of nitrogens with two attached hydrogens (primary N) is 1. The van der Waals surface area contributed by atoms with E-state index in [4.69, 9.17) is 15.2 Å². The molecule has 2 aromatic carbocycles. The molecule has 132 valence electrons. The lowest BCUT2D eigenvalue weighted by Crippen LogP contribution is -2.13. The van der Waals surface area contributed by atoms with Crippen LogP contribution >= 0.6 is 12.4 Å². The van der Waals surface area contributed by atoms with Gasteiger partial charge in [0.1, 0.15) is 6.61 Å². The van der Waals surface area contributed by atoms with Crippen molar-refractivity contribution in [1.29, 1.82) is 0 Å². The summed E-state index contributed by atoms with van der Waals surface area (Å²) in [7, 11) is 0. The molecular weight excluding hydrogens is 322 g/mol. The van der Waals surface area contributed by atoms with Crippen LogP contribution in [0.1, 0.15) is 44.4 Å². The van der Waals surface area contributed by atoms with Crippen LogP contribution in [0, 0.1) is 5.92 Å². The molecule has 0 heterocycles. The van der Waals surface area contributed by atoms with Gasteiger partial charge in [-0.25, -0.2) is 0 Å². The molecule has 1 atom stereocenters. The normalized spacial score (nSPS) is 11.7. The smallest absolute Gasteiger partial charge is 0.161 e. The molecule has 0 unspecified atom stereocenters. The minimum Gasteiger partial charge on any atom is -0.490 e. The van der Waals surface area contributed by atoms with Gasteiger partial charge in [-0.2, -0.15) is 0 Å². The van der Waals surface area contributed by atoms with Gasteiger partial charge in [-0.1, -0.05) is 50.2 Å². The van der Waals surface area contributed by atoms with Crippen molar-refractivity contribution in [3.8, 4) is 11.5 Å². The van der Waals surface area contributed by atoms with Crippen molar-refractivity contribution in [1.82, 2.24) is 0 Å². The summed E-state index contributed by atoms with van der Waals surface area (Å²) in [5, 5.41) is 0. The zero-order valence-electron chi connectivity index (χ0n) is 14.7. The van der Waals surface area contributed by atoms with E-state index < -0.39 is 0 Å². The zero-order valence-corrected chi connectivity index (χ0v) is 15.5. The lowest BCUT2D eigenvalue weighted by Gasteiger charge is -2.18. The Labute approximate surface area is 151 Å². The van der Waals surface area contributed by atoms with Gasteiger partial charge in [-0.05, 0) is 42.5 Å². The second-order valence-corrected chi connectivity index (χ2v) is 6.15. The second-order valence-electron chi connectivity index (χ2n) is 6.15. The number of hydrogen-bond donors (Lipinski definition) is 1. The number of rotatable bonds is 8. The molecule has 0 fully saturated rings. The first-order chi connectivity index (χ1) is 11.1. The molecule has 24 heavy (non-hydrogen) atoms. The van der Waals surface area contributed by atoms with Crippen molar-refractivity contribution in [3.63, 3.8) is 0 Å². The minimum absolute atomic E-state index is 0. The Hall–Kier alpha value is -1.71. The number of hydrogen-bond acceptors (Lipinski definition) is 3. The van der Waals surface area contributed by atoms with Crippen molar-refractivity contribution in [3.05, 3.63) is 59.7 Å². The Balaban J connectivity index is 0.00000288. The topological polar surface area (TPSA) is 44.5 Å². The zero-order chi connectivity index (χ0) is 16.7. The predicted octanol–water partition coefficient (Wildman–Crippen LogP) is 5.13. The van der Waals surface area contributed by atoms with Gasteiger partial charge in [0.05, 0.1) is 6.61 Å². The largest absolute Gasteiger partial charge is 0.490 e. The molecule has 2 aromatic rings. The molecule has 4 heteroatoms. The first kappa shape index (κ1) is 20.3. The summed E-state index contributed by atoms with van der Waals surface area (Å²) >= 11 is 0. The van der Waals surface area contributed by atoms with Gasteiger partial charge in [0.15, 0.2) is 11.5 Å². The molecule has 0 bridgehead atoms. The van der Waals surface area contributed by atoms with Crippen LogP contribution in [0.25, 0.3) is 0 Å². The van der Waals surface area contributed by atoms with Gasteiger partial charge in [0.2, 0.25) is 0 Å². The fraction of sp³-hybridized carbons (Fsp3) is 0.400. The quantitative estimate of drug-likeness (QED) is 0.718. The van der Waals surface area contributed by atoms with Crippen molar-refractivity contribution >= 4 is 12.4 Å². The highest BCUT2D eigenvalue weighted by molar-refractivity contribution is 5.85. The summed E-state index contributed by atoms with van der Waals surface area (Å²) in [6.07, 6.45) is 0.954. The average Bonchev–Trinajstić information content (AvgIpc) is 2.54. The van der Waals surface area contributed by atoms with E-state index >= 15 is 0 Å². The molecule has 0 aliphatic heterocycles. The van der Waals surface area contributed by atoms with Crippen LogP contribution in [0.3, 0.4) is 0 Å². The monoisotopic (exact) mass is 349 g/mol. The van der Waals surface area contributed by atoms with Crippen molar-refractivity contribution in [2.75, 3.05) is 6.61 Å². The summed E-state index contributed by atoms with van der Waals surface area (Å²) < 4.78 is 11.7. The van der Waals surface area contributed by atoms with Crippen LogP contribution in [0.15, 0.2) is 48.5 Å². The molecule has 0 spiro atoms. The summed E-state index contributed by atoms with van der Waals surface area (Å²) in [6.45, 7) is 7.46. The predicted molar refractivity (Wildman–Crippen MR) is 102 cm³/mol. The molecule has 0 aliphatic rings. The van der Waals surface area contributed by atoms with Gasteiger partial charge in [-0.3, -0.25) is 0 Å². The van der Waals surface area contributed by atoms with Crippen molar-refractivity contribution in [2.45, 2.75) is 39.8 Å². The number of halogens is 1. The third-order valence-corrected chi connectivity index (χ3v) is 3.66. The van der Waals surface area contributed by atoms with E-state index in [0.717, 1.165) is 29.0 Å². The summed E-state index contributed by atoms with van der Waals surface area (Å²) in [5.41, 5.74) is 8.51. The fourth-order valence-corrected chi connectivity index (χ4v) is 2.52. The molecule has 0 saturated carbocycles. The standard InChI is InChI=1S/C20H27NO2.ClH/c1-4-22-20-13-17(18(21)12-15(2)3)10-11-19(20)23-14-16-8-6-5-7-9-16;/h5-11,13,15,18H,4,12,14,21H2,1-3H3;1H/t18-;/m0./s1. The SMILES string of the molecule is CCOc1cc([C@@H](N)CC(C)C)ccc1OCc1ccccc1.Cl. The van der Waals surface area contributed by atoms with Gasteiger partial charge in [-0.15, -0.1) is 12.4 Å². The fourth-order valence-electron chi connectivity index (χ4n) is 2.52. The molecule has 0 aliphatic carbocycles. The molecule has 0 amide bonds. The third kappa shape index (κ3) is 6.06. The highest BCUT2D eigenvalue weighted by Crippen LogP contribution is 2.32. The lowest BCUT2D eigenvalue weighted by atomic mass is 9.97. The van der Waals surface area contributed by atoms with E-state index in [-0.39, 0.29) is 18.4 Å². The Morgan fingerprint density at radius 3 is 2.29 bits per heavy atom. The van der Waals surface area contributed by atoms with Gasteiger partial charge >= 0.3 is 0 Å². The van der Waals surface area contributed by atoms with Gasteiger partial charge in [0, 0.05) is 6.04 Å². The van der Waals surface area contributed by atoms with Crippen molar-refractivity contribution < 1.29 is 9.47 Å². The Morgan fingerprint density at radius 2 is 1.67 bits per heavy atom. The van der Waals surface area contributed by atoms with Gasteiger partial charge in [0.25, 0.3) is 0 Å². The molecule has 3 nitrogen and oxygen atoms in total. The molecule has 2 N–H and O–H groups in total. The molecule has 0 saturated heterocycles. The average molecular weight is 350 g/mol. The Bertz CT molecular complexity index is 602. The highest BCUT2D eigenvalue weighted by Gasteiger charge is 2.13. The summed E-state index contributed by atoms with van der Waals surface area (Å²) in [5.74, 6) is 2.09. The lowest BCUT2D eigenvalue weighted by molar-refractivity contribution is 0.269. The van der Waals surface area contributed by atoms with E-state index in [1.54, 1.807) is 0 Å². The first-order valence-electron chi connectivity index (χ1n) is 8.29. The van der Waals surface area contributed by atoms with Crippen LogP contribution < -0.4 is 15.2 Å². The molecule has 0 radical (unpaired) electrons. The molecule has 0 aromatic heterocycles. The van der Waals surface area contributed by atoms with Crippen LogP contribution in [0.5, 0.6) is 11.5 Å².